The fraction of sp³-hybridized carbons (Fsp3) is 0.0909. The van der Waals surface area contributed by atoms with E-state index in [4.69, 9.17) is 17.4 Å². The number of aromatic nitrogens is 2. The summed E-state index contributed by atoms with van der Waals surface area (Å²) in [6.45, 7) is 2.03. The van der Waals surface area contributed by atoms with E-state index in [1.54, 1.807) is 6.20 Å². The summed E-state index contributed by atoms with van der Waals surface area (Å²) in [7, 11) is 0. The van der Waals surface area contributed by atoms with Crippen molar-refractivity contribution in [2.75, 3.05) is 5.43 Å². The number of nitrogens with two attached hydrogens (primary N) is 1. The van der Waals surface area contributed by atoms with Crippen molar-refractivity contribution in [1.29, 1.82) is 0 Å². The highest BCUT2D eigenvalue weighted by atomic mass is 35.5. The molecule has 1 aromatic carbocycles. The minimum Gasteiger partial charge on any atom is -0.306 e. The molecular weight excluding hydrogens is 224 g/mol. The van der Waals surface area contributed by atoms with Crippen molar-refractivity contribution < 1.29 is 0 Å². The number of hydrogen-bond donors (Lipinski definition) is 2. The second kappa shape index (κ2) is 4.47. The number of hydrogen-bond acceptors (Lipinski definition) is 4. The van der Waals surface area contributed by atoms with Gasteiger partial charge in [0.25, 0.3) is 0 Å². The number of aryl methyl sites for hydroxylation is 1. The van der Waals surface area contributed by atoms with Gasteiger partial charge in [-0.15, -0.1) is 5.10 Å². The largest absolute Gasteiger partial charge is 0.306 e. The summed E-state index contributed by atoms with van der Waals surface area (Å²) in [4.78, 5) is 0. The Bertz CT molecular complexity index is 496. The molecule has 0 saturated carbocycles. The molecule has 5 heteroatoms. The highest BCUT2D eigenvalue weighted by Crippen LogP contribution is 2.30. The summed E-state index contributed by atoms with van der Waals surface area (Å²) >= 11 is 6.14. The zero-order chi connectivity index (χ0) is 11.5. The summed E-state index contributed by atoms with van der Waals surface area (Å²) in [6, 6.07) is 8.00. The maximum Gasteiger partial charge on any atom is 0.182 e. The van der Waals surface area contributed by atoms with Crippen LogP contribution in [0.4, 0.5) is 5.82 Å². The van der Waals surface area contributed by atoms with Gasteiger partial charge in [-0.2, -0.15) is 5.10 Å². The van der Waals surface area contributed by atoms with Crippen molar-refractivity contribution >= 4 is 17.4 Å². The molecule has 0 aliphatic carbocycles. The number of nitrogens with zero attached hydrogens (tertiary/aromatic N) is 2. The molecule has 0 saturated heterocycles. The zero-order valence-corrected chi connectivity index (χ0v) is 9.49. The number of hydrazine groups is 1. The number of halogens is 1. The Morgan fingerprint density at radius 2 is 1.94 bits per heavy atom. The normalized spacial score (nSPS) is 10.2. The van der Waals surface area contributed by atoms with Gasteiger partial charge in [-0.05, 0) is 12.5 Å². The predicted octanol–water partition coefficient (Wildman–Crippen LogP) is 2.39. The van der Waals surface area contributed by atoms with Crippen LogP contribution >= 0.6 is 11.6 Å². The van der Waals surface area contributed by atoms with Gasteiger partial charge in [0.2, 0.25) is 0 Å². The molecule has 0 fully saturated rings. The van der Waals surface area contributed by atoms with Crippen molar-refractivity contribution in [3.63, 3.8) is 0 Å². The highest BCUT2D eigenvalue weighted by molar-refractivity contribution is 6.35. The number of rotatable bonds is 2. The fourth-order valence-corrected chi connectivity index (χ4v) is 1.65. The summed E-state index contributed by atoms with van der Waals surface area (Å²) in [5.41, 5.74) is 5.40. The minimum atomic E-state index is 0.375. The summed E-state index contributed by atoms with van der Waals surface area (Å²) in [5, 5.41) is 8.09. The van der Waals surface area contributed by atoms with Crippen molar-refractivity contribution in [2.45, 2.75) is 6.92 Å². The van der Waals surface area contributed by atoms with Crippen molar-refractivity contribution in [1.82, 2.24) is 10.2 Å². The van der Waals surface area contributed by atoms with E-state index in [-0.39, 0.29) is 0 Å². The Hall–Kier alpha value is -1.65. The molecule has 0 aliphatic heterocycles. The number of benzene rings is 1. The first-order valence-electron chi connectivity index (χ1n) is 4.77. The van der Waals surface area contributed by atoms with Crippen LogP contribution in [0.2, 0.25) is 5.02 Å². The molecule has 0 spiro atoms. The van der Waals surface area contributed by atoms with Gasteiger partial charge < -0.3 is 5.43 Å². The van der Waals surface area contributed by atoms with E-state index in [0.29, 0.717) is 10.8 Å². The van der Waals surface area contributed by atoms with Gasteiger partial charge in [0.05, 0.1) is 11.2 Å². The van der Waals surface area contributed by atoms with E-state index < -0.39 is 0 Å². The first-order chi connectivity index (χ1) is 7.72. The lowest BCUT2D eigenvalue weighted by molar-refractivity contribution is 1.02. The van der Waals surface area contributed by atoms with Crippen LogP contribution in [0.3, 0.4) is 0 Å². The molecule has 0 amide bonds. The summed E-state index contributed by atoms with van der Waals surface area (Å²) in [6.07, 6.45) is 1.62. The lowest BCUT2D eigenvalue weighted by Crippen LogP contribution is -2.10. The van der Waals surface area contributed by atoms with Crippen LogP contribution in [0.1, 0.15) is 5.56 Å². The van der Waals surface area contributed by atoms with Crippen molar-refractivity contribution in [3.8, 4) is 11.1 Å². The van der Waals surface area contributed by atoms with Crippen LogP contribution in [-0.2, 0) is 0 Å². The van der Waals surface area contributed by atoms with Crippen molar-refractivity contribution in [3.05, 3.63) is 41.0 Å². The van der Waals surface area contributed by atoms with Gasteiger partial charge in [-0.25, -0.2) is 5.84 Å². The predicted molar refractivity (Wildman–Crippen MR) is 65.0 cm³/mol. The zero-order valence-electron chi connectivity index (χ0n) is 8.74. The number of nitrogens with one attached hydrogen (secondary N) is 1. The molecule has 16 heavy (non-hydrogen) atoms. The fourth-order valence-electron chi connectivity index (χ4n) is 1.40. The van der Waals surface area contributed by atoms with Crippen LogP contribution in [0.5, 0.6) is 0 Å². The highest BCUT2D eigenvalue weighted by Gasteiger charge is 2.09. The molecule has 0 atom stereocenters. The number of nitrogen functional groups attached to an aromatic ring is 1. The van der Waals surface area contributed by atoms with Gasteiger partial charge in [0.15, 0.2) is 5.82 Å². The monoisotopic (exact) mass is 234 g/mol. The first-order valence-corrected chi connectivity index (χ1v) is 5.15. The molecule has 4 nitrogen and oxygen atoms in total. The molecular formula is C11H11ClN4. The lowest BCUT2D eigenvalue weighted by Gasteiger charge is -2.07. The maximum atomic E-state index is 6.14. The molecule has 2 rings (SSSR count). The third-order valence-electron chi connectivity index (χ3n) is 2.29. The van der Waals surface area contributed by atoms with Crippen molar-refractivity contribution in [2.24, 2.45) is 5.84 Å². The average molecular weight is 235 g/mol. The lowest BCUT2D eigenvalue weighted by atomic mass is 10.1. The van der Waals surface area contributed by atoms with Gasteiger partial charge in [0, 0.05) is 5.56 Å². The van der Waals surface area contributed by atoms with Gasteiger partial charge in [-0.1, -0.05) is 41.4 Å². The van der Waals surface area contributed by atoms with E-state index in [0.717, 1.165) is 11.1 Å². The Morgan fingerprint density at radius 1 is 1.25 bits per heavy atom. The van der Waals surface area contributed by atoms with Crippen LogP contribution in [-0.4, -0.2) is 10.2 Å². The average Bonchev–Trinajstić information content (AvgIpc) is 2.31. The SMILES string of the molecule is Cc1ccc(-c2cnnc(NN)c2Cl)cc1. The molecule has 0 aliphatic rings. The summed E-state index contributed by atoms with van der Waals surface area (Å²) < 4.78 is 0. The van der Waals surface area contributed by atoms with E-state index in [1.165, 1.54) is 5.56 Å². The van der Waals surface area contributed by atoms with Crippen LogP contribution in [0.25, 0.3) is 11.1 Å². The molecule has 3 N–H and O–H groups in total. The first kappa shape index (κ1) is 10.9. The standard InChI is InChI=1S/C11H11ClN4/c1-7-2-4-8(5-3-7)9-6-14-16-11(15-13)10(9)12/h2-6H,13H2,1H3,(H,15,16). The van der Waals surface area contributed by atoms with Crippen LogP contribution in [0.15, 0.2) is 30.5 Å². The van der Waals surface area contributed by atoms with E-state index in [2.05, 4.69) is 15.6 Å². The molecule has 0 radical (unpaired) electrons. The third-order valence-corrected chi connectivity index (χ3v) is 2.67. The summed E-state index contributed by atoms with van der Waals surface area (Å²) in [5.74, 6) is 5.66. The molecule has 0 unspecified atom stereocenters. The molecule has 2 aromatic rings. The maximum absolute atomic E-state index is 6.14. The van der Waals surface area contributed by atoms with E-state index in [9.17, 15) is 0 Å². The number of anilines is 1. The molecule has 82 valence electrons. The Labute approximate surface area is 98.4 Å². The molecule has 1 aromatic heterocycles. The van der Waals surface area contributed by atoms with Gasteiger partial charge >= 0.3 is 0 Å². The Balaban J connectivity index is 2.51. The smallest absolute Gasteiger partial charge is 0.182 e. The quantitative estimate of drug-likeness (QED) is 0.619. The van der Waals surface area contributed by atoms with Crippen LogP contribution < -0.4 is 11.3 Å². The van der Waals surface area contributed by atoms with E-state index in [1.807, 2.05) is 31.2 Å². The van der Waals surface area contributed by atoms with Gasteiger partial charge in [0.1, 0.15) is 0 Å². The third kappa shape index (κ3) is 1.98. The van der Waals surface area contributed by atoms with Crippen LogP contribution in [0, 0.1) is 6.92 Å². The Kier molecular flexibility index (Phi) is 3.03. The Morgan fingerprint density at radius 3 is 2.56 bits per heavy atom. The second-order valence-electron chi connectivity index (χ2n) is 3.43. The van der Waals surface area contributed by atoms with Gasteiger partial charge in [-0.3, -0.25) is 0 Å². The molecule has 0 bridgehead atoms. The van der Waals surface area contributed by atoms with E-state index >= 15 is 0 Å². The minimum absolute atomic E-state index is 0.375. The molecule has 1 heterocycles. The topological polar surface area (TPSA) is 63.8 Å². The second-order valence-corrected chi connectivity index (χ2v) is 3.81.